The van der Waals surface area contributed by atoms with E-state index in [1.165, 1.54) is 6.07 Å². The van der Waals surface area contributed by atoms with Gasteiger partial charge in [0.1, 0.15) is 11.5 Å². The van der Waals surface area contributed by atoms with Gasteiger partial charge in [0, 0.05) is 47.4 Å². The fourth-order valence-corrected chi connectivity index (χ4v) is 4.29. The molecule has 0 aliphatic heterocycles. The molecule has 172 valence electrons. The van der Waals surface area contributed by atoms with Gasteiger partial charge in [-0.3, -0.25) is 10.1 Å². The Morgan fingerprint density at radius 2 is 1.80 bits per heavy atom. The second-order valence-electron chi connectivity index (χ2n) is 8.32. The Hall–Kier alpha value is -4.43. The number of fused-ring (bicyclic) bond motifs is 2. The quantitative estimate of drug-likeness (QED) is 0.304. The Morgan fingerprint density at radius 1 is 0.943 bits per heavy atom. The standard InChI is InChI=1S/C27H22FN7/c1-2-29-12-16-10-17(14-30-13-16)18-11-21-25(34-35-26(21)31-15-18)27-32-23-9-5-7-20(24(23)33-27)19-6-3-4-8-22(19)28/h3-11,13-15,29H,2,12H2,1H3,(H,32,33)(H,31,34,35). The minimum Gasteiger partial charge on any atom is -0.337 e. The normalized spacial score (nSPS) is 11.5. The largest absolute Gasteiger partial charge is 0.337 e. The predicted octanol–water partition coefficient (Wildman–Crippen LogP) is 5.48. The second-order valence-corrected chi connectivity index (χ2v) is 8.32. The Balaban J connectivity index is 1.45. The molecule has 0 fully saturated rings. The first kappa shape index (κ1) is 21.1. The molecule has 0 saturated heterocycles. The second kappa shape index (κ2) is 8.73. The maximum absolute atomic E-state index is 14.5. The molecule has 0 atom stereocenters. The third-order valence-corrected chi connectivity index (χ3v) is 6.02. The summed E-state index contributed by atoms with van der Waals surface area (Å²) >= 11 is 0. The first-order chi connectivity index (χ1) is 17.2. The fraction of sp³-hybridized carbons (Fsp3) is 0.111. The number of hydrogen-bond acceptors (Lipinski definition) is 5. The Morgan fingerprint density at radius 3 is 2.69 bits per heavy atom. The van der Waals surface area contributed by atoms with Crippen LogP contribution in [-0.4, -0.2) is 36.7 Å². The number of aromatic amines is 2. The van der Waals surface area contributed by atoms with E-state index in [9.17, 15) is 4.39 Å². The average Bonchev–Trinajstić information content (AvgIpc) is 3.51. The van der Waals surface area contributed by atoms with Crippen LogP contribution in [0.1, 0.15) is 12.5 Å². The number of pyridine rings is 2. The number of halogens is 1. The molecular formula is C27H22FN7. The number of benzene rings is 2. The van der Waals surface area contributed by atoms with Crippen LogP contribution in [0.25, 0.3) is 55.8 Å². The third kappa shape index (κ3) is 3.83. The maximum atomic E-state index is 14.5. The summed E-state index contributed by atoms with van der Waals surface area (Å²) in [5, 5.41) is 11.7. The zero-order valence-electron chi connectivity index (χ0n) is 19.0. The predicted molar refractivity (Wildman–Crippen MR) is 135 cm³/mol. The van der Waals surface area contributed by atoms with Crippen molar-refractivity contribution in [3.05, 3.63) is 84.6 Å². The van der Waals surface area contributed by atoms with Gasteiger partial charge < -0.3 is 10.3 Å². The van der Waals surface area contributed by atoms with Gasteiger partial charge in [-0.15, -0.1) is 0 Å². The van der Waals surface area contributed by atoms with Gasteiger partial charge in [-0.2, -0.15) is 5.10 Å². The molecule has 0 spiro atoms. The molecule has 4 aromatic heterocycles. The molecule has 6 rings (SSSR count). The molecule has 4 heterocycles. The highest BCUT2D eigenvalue weighted by atomic mass is 19.1. The van der Waals surface area contributed by atoms with Crippen molar-refractivity contribution in [2.45, 2.75) is 13.5 Å². The molecule has 0 bridgehead atoms. The molecule has 0 aliphatic carbocycles. The number of nitrogens with zero attached hydrogens (tertiary/aromatic N) is 4. The summed E-state index contributed by atoms with van der Waals surface area (Å²) in [7, 11) is 0. The van der Waals surface area contributed by atoms with Crippen LogP contribution in [0.3, 0.4) is 0 Å². The van der Waals surface area contributed by atoms with Gasteiger partial charge in [-0.1, -0.05) is 37.3 Å². The molecule has 0 aliphatic rings. The van der Waals surface area contributed by atoms with E-state index in [1.807, 2.05) is 48.9 Å². The van der Waals surface area contributed by atoms with Crippen LogP contribution in [0, 0.1) is 5.82 Å². The SMILES string of the molecule is CCNCc1cncc(-c2cnc3[nH]nc(-c4nc5c(-c6ccccc6F)cccc5[nH]4)c3c2)c1. The molecule has 8 heteroatoms. The highest BCUT2D eigenvalue weighted by Crippen LogP contribution is 2.33. The van der Waals surface area contributed by atoms with Gasteiger partial charge in [-0.05, 0) is 36.4 Å². The van der Waals surface area contributed by atoms with E-state index in [0.717, 1.165) is 46.2 Å². The van der Waals surface area contributed by atoms with Gasteiger partial charge in [0.2, 0.25) is 0 Å². The van der Waals surface area contributed by atoms with Gasteiger partial charge >= 0.3 is 0 Å². The van der Waals surface area contributed by atoms with Crippen molar-refractivity contribution in [2.24, 2.45) is 0 Å². The highest BCUT2D eigenvalue weighted by Gasteiger charge is 2.17. The lowest BCUT2D eigenvalue weighted by Crippen LogP contribution is -2.11. The van der Waals surface area contributed by atoms with Crippen LogP contribution < -0.4 is 5.32 Å². The van der Waals surface area contributed by atoms with E-state index >= 15 is 0 Å². The van der Waals surface area contributed by atoms with Crippen LogP contribution in [0.5, 0.6) is 0 Å². The van der Waals surface area contributed by atoms with E-state index in [-0.39, 0.29) is 5.82 Å². The van der Waals surface area contributed by atoms with Crippen molar-refractivity contribution in [3.8, 4) is 33.8 Å². The highest BCUT2D eigenvalue weighted by molar-refractivity contribution is 5.97. The number of para-hydroxylation sites is 1. The molecule has 3 N–H and O–H groups in total. The van der Waals surface area contributed by atoms with E-state index in [0.29, 0.717) is 28.2 Å². The van der Waals surface area contributed by atoms with Crippen molar-refractivity contribution in [1.82, 2.24) is 35.5 Å². The van der Waals surface area contributed by atoms with Gasteiger partial charge in [-0.25, -0.2) is 14.4 Å². The van der Waals surface area contributed by atoms with Gasteiger partial charge in [0.05, 0.1) is 16.4 Å². The first-order valence-corrected chi connectivity index (χ1v) is 11.4. The minimum atomic E-state index is -0.284. The number of H-pyrrole nitrogens is 2. The number of hydrogen-bond donors (Lipinski definition) is 3. The molecule has 6 aromatic rings. The van der Waals surface area contributed by atoms with E-state index in [2.05, 4.69) is 43.5 Å². The zero-order chi connectivity index (χ0) is 23.8. The summed E-state index contributed by atoms with van der Waals surface area (Å²) in [6.45, 7) is 3.73. The Bertz CT molecular complexity index is 1670. The van der Waals surface area contributed by atoms with Crippen LogP contribution in [0.15, 0.2) is 73.2 Å². The molecule has 35 heavy (non-hydrogen) atoms. The smallest absolute Gasteiger partial charge is 0.159 e. The van der Waals surface area contributed by atoms with Crippen LogP contribution in [-0.2, 0) is 6.54 Å². The first-order valence-electron chi connectivity index (χ1n) is 11.4. The summed E-state index contributed by atoms with van der Waals surface area (Å²) < 4.78 is 14.5. The Labute approximate surface area is 200 Å². The van der Waals surface area contributed by atoms with Crippen molar-refractivity contribution in [2.75, 3.05) is 6.54 Å². The summed E-state index contributed by atoms with van der Waals surface area (Å²) in [5.41, 5.74) is 7.08. The number of aromatic nitrogens is 6. The van der Waals surface area contributed by atoms with Gasteiger partial charge in [0.15, 0.2) is 11.5 Å². The van der Waals surface area contributed by atoms with Crippen molar-refractivity contribution in [1.29, 1.82) is 0 Å². The number of imidazole rings is 1. The summed E-state index contributed by atoms with van der Waals surface area (Å²) in [4.78, 5) is 17.1. The molecule has 0 radical (unpaired) electrons. The summed E-state index contributed by atoms with van der Waals surface area (Å²) in [6, 6.07) is 16.6. The van der Waals surface area contributed by atoms with Crippen LogP contribution in [0.2, 0.25) is 0 Å². The monoisotopic (exact) mass is 463 g/mol. The lowest BCUT2D eigenvalue weighted by Gasteiger charge is -2.05. The van der Waals surface area contributed by atoms with E-state index in [1.54, 1.807) is 12.1 Å². The van der Waals surface area contributed by atoms with Crippen molar-refractivity contribution in [3.63, 3.8) is 0 Å². The van der Waals surface area contributed by atoms with Crippen molar-refractivity contribution >= 4 is 22.1 Å². The summed E-state index contributed by atoms with van der Waals surface area (Å²) in [5.74, 6) is 0.307. The summed E-state index contributed by atoms with van der Waals surface area (Å²) in [6.07, 6.45) is 5.51. The topological polar surface area (TPSA) is 95.2 Å². The number of rotatable bonds is 6. The van der Waals surface area contributed by atoms with Gasteiger partial charge in [0.25, 0.3) is 0 Å². The molecule has 0 unspecified atom stereocenters. The van der Waals surface area contributed by atoms with E-state index < -0.39 is 0 Å². The molecule has 0 saturated carbocycles. The molecule has 0 amide bonds. The average molecular weight is 464 g/mol. The lowest BCUT2D eigenvalue weighted by atomic mass is 10.0. The molecular weight excluding hydrogens is 441 g/mol. The molecule has 2 aromatic carbocycles. The lowest BCUT2D eigenvalue weighted by molar-refractivity contribution is 0.631. The fourth-order valence-electron chi connectivity index (χ4n) is 4.29. The minimum absolute atomic E-state index is 0.284. The third-order valence-electron chi connectivity index (χ3n) is 6.02. The number of nitrogens with one attached hydrogen (secondary N) is 3. The van der Waals surface area contributed by atoms with E-state index in [4.69, 9.17) is 4.98 Å². The Kier molecular flexibility index (Phi) is 5.27. The van der Waals surface area contributed by atoms with Crippen LogP contribution >= 0.6 is 0 Å². The molecule has 7 nitrogen and oxygen atoms in total. The zero-order valence-corrected chi connectivity index (χ0v) is 19.0. The van der Waals surface area contributed by atoms with Crippen molar-refractivity contribution < 1.29 is 4.39 Å². The maximum Gasteiger partial charge on any atom is 0.159 e. The van der Waals surface area contributed by atoms with Crippen LogP contribution in [0.4, 0.5) is 4.39 Å².